The van der Waals surface area contributed by atoms with Crippen molar-refractivity contribution >= 4 is 41.7 Å². The molecular formula is C14H27IN6S. The van der Waals surface area contributed by atoms with E-state index in [1.807, 2.05) is 30.3 Å². The Morgan fingerprint density at radius 2 is 2.05 bits per heavy atom. The highest BCUT2D eigenvalue weighted by Gasteiger charge is 2.16. The van der Waals surface area contributed by atoms with Gasteiger partial charge in [-0.2, -0.15) is 11.8 Å². The van der Waals surface area contributed by atoms with Crippen molar-refractivity contribution in [1.29, 1.82) is 0 Å². The van der Waals surface area contributed by atoms with Crippen molar-refractivity contribution in [3.63, 3.8) is 0 Å². The van der Waals surface area contributed by atoms with Crippen molar-refractivity contribution in [2.24, 2.45) is 12.0 Å². The van der Waals surface area contributed by atoms with Gasteiger partial charge >= 0.3 is 0 Å². The summed E-state index contributed by atoms with van der Waals surface area (Å²) < 4.78 is 2.00. The smallest absolute Gasteiger partial charge is 0.194 e. The Morgan fingerprint density at radius 3 is 2.64 bits per heavy atom. The number of aliphatic imine (C=N–C) groups is 1. The average molecular weight is 438 g/mol. The summed E-state index contributed by atoms with van der Waals surface area (Å²) in [5.41, 5.74) is 0. The molecule has 1 aliphatic heterocycles. The first-order chi connectivity index (χ1) is 10.2. The number of hydrogen-bond acceptors (Lipinski definition) is 4. The molecule has 1 N–H and O–H groups in total. The van der Waals surface area contributed by atoms with Crippen molar-refractivity contribution in [2.45, 2.75) is 32.7 Å². The highest BCUT2D eigenvalue weighted by Crippen LogP contribution is 2.08. The molecule has 1 fully saturated rings. The van der Waals surface area contributed by atoms with E-state index in [-0.39, 0.29) is 24.0 Å². The van der Waals surface area contributed by atoms with E-state index in [9.17, 15) is 0 Å². The predicted molar refractivity (Wildman–Crippen MR) is 104 cm³/mol. The summed E-state index contributed by atoms with van der Waals surface area (Å²) in [6.45, 7) is 5.73. The Morgan fingerprint density at radius 1 is 1.32 bits per heavy atom. The molecular weight excluding hydrogens is 411 g/mol. The van der Waals surface area contributed by atoms with Gasteiger partial charge in [-0.05, 0) is 38.2 Å². The first-order valence-electron chi connectivity index (χ1n) is 7.59. The van der Waals surface area contributed by atoms with Crippen LogP contribution in [0.5, 0.6) is 0 Å². The quantitative estimate of drug-likeness (QED) is 0.319. The van der Waals surface area contributed by atoms with Gasteiger partial charge in [0.05, 0.1) is 0 Å². The molecule has 0 unspecified atom stereocenters. The molecule has 0 radical (unpaired) electrons. The zero-order valence-electron chi connectivity index (χ0n) is 13.7. The van der Waals surface area contributed by atoms with E-state index in [2.05, 4.69) is 26.7 Å². The molecule has 0 spiro atoms. The Kier molecular flexibility index (Phi) is 9.15. The number of nitrogens with one attached hydrogen (secondary N) is 1. The maximum Gasteiger partial charge on any atom is 0.194 e. The van der Waals surface area contributed by atoms with Gasteiger partial charge in [0.15, 0.2) is 11.8 Å². The third kappa shape index (κ3) is 5.60. The minimum absolute atomic E-state index is 0. The summed E-state index contributed by atoms with van der Waals surface area (Å²) >= 11 is 1.89. The van der Waals surface area contributed by atoms with E-state index in [0.717, 1.165) is 43.7 Å². The maximum atomic E-state index is 4.75. The van der Waals surface area contributed by atoms with Crippen LogP contribution in [0.2, 0.25) is 0 Å². The number of aryl methyl sites for hydroxylation is 1. The van der Waals surface area contributed by atoms with Gasteiger partial charge in [-0.3, -0.25) is 0 Å². The van der Waals surface area contributed by atoms with Crippen LogP contribution in [0.4, 0.5) is 0 Å². The fourth-order valence-corrected chi connectivity index (χ4v) is 2.78. The van der Waals surface area contributed by atoms with Crippen LogP contribution in [0.15, 0.2) is 4.99 Å². The van der Waals surface area contributed by atoms with Crippen LogP contribution >= 0.6 is 35.7 Å². The zero-order valence-corrected chi connectivity index (χ0v) is 16.9. The highest BCUT2D eigenvalue weighted by molar-refractivity contribution is 14.0. The molecule has 0 aromatic carbocycles. The lowest BCUT2D eigenvalue weighted by Crippen LogP contribution is -2.40. The lowest BCUT2D eigenvalue weighted by Gasteiger charge is -2.21. The van der Waals surface area contributed by atoms with Crippen LogP contribution in [0.1, 0.15) is 30.9 Å². The van der Waals surface area contributed by atoms with Crippen molar-refractivity contribution in [3.05, 3.63) is 11.6 Å². The predicted octanol–water partition coefficient (Wildman–Crippen LogP) is 2.04. The van der Waals surface area contributed by atoms with Crippen molar-refractivity contribution < 1.29 is 0 Å². The normalized spacial score (nSPS) is 15.0. The van der Waals surface area contributed by atoms with Gasteiger partial charge in [-0.15, -0.1) is 34.2 Å². The molecule has 1 aromatic heterocycles. The summed E-state index contributed by atoms with van der Waals surface area (Å²) in [6, 6.07) is 0. The molecule has 6 nitrogen and oxygen atoms in total. The van der Waals surface area contributed by atoms with Crippen LogP contribution in [-0.4, -0.2) is 57.3 Å². The standard InChI is InChI=1S/C14H26N6S.HI/c1-12-17-18-13(19(12)2)11-16-14(15-7-6-10-21-3)20-8-4-5-9-20;/h4-11H2,1-3H3,(H,15,16);1H. The van der Waals surface area contributed by atoms with Crippen LogP contribution in [0, 0.1) is 6.92 Å². The van der Waals surface area contributed by atoms with E-state index in [4.69, 9.17) is 4.99 Å². The van der Waals surface area contributed by atoms with Crippen LogP contribution in [0.25, 0.3) is 0 Å². The van der Waals surface area contributed by atoms with Gasteiger partial charge in [0, 0.05) is 26.7 Å². The first kappa shape index (κ1) is 19.5. The van der Waals surface area contributed by atoms with Gasteiger partial charge in [-0.1, -0.05) is 0 Å². The summed E-state index contributed by atoms with van der Waals surface area (Å²) in [5.74, 6) is 4.04. The highest BCUT2D eigenvalue weighted by atomic mass is 127. The van der Waals surface area contributed by atoms with Gasteiger partial charge < -0.3 is 14.8 Å². The lowest BCUT2D eigenvalue weighted by atomic mass is 10.4. The topological polar surface area (TPSA) is 58.3 Å². The average Bonchev–Trinajstić information content (AvgIpc) is 3.11. The number of hydrogen-bond donors (Lipinski definition) is 1. The summed E-state index contributed by atoms with van der Waals surface area (Å²) in [7, 11) is 1.99. The number of rotatable bonds is 6. The number of thioether (sulfide) groups is 1. The van der Waals surface area contributed by atoms with E-state index in [0.29, 0.717) is 6.54 Å². The second kappa shape index (κ2) is 10.3. The SMILES string of the molecule is CSCCCNC(=NCc1nnc(C)n1C)N1CCCC1.I. The Labute approximate surface area is 154 Å². The maximum absolute atomic E-state index is 4.75. The van der Waals surface area contributed by atoms with E-state index < -0.39 is 0 Å². The Bertz CT molecular complexity index is 470. The largest absolute Gasteiger partial charge is 0.356 e. The third-order valence-corrected chi connectivity index (χ3v) is 4.46. The lowest BCUT2D eigenvalue weighted by molar-refractivity contribution is 0.490. The number of guanidine groups is 1. The zero-order chi connectivity index (χ0) is 15.1. The minimum Gasteiger partial charge on any atom is -0.356 e. The first-order valence-corrected chi connectivity index (χ1v) is 8.99. The molecule has 0 amide bonds. The van der Waals surface area contributed by atoms with Crippen molar-refractivity contribution in [1.82, 2.24) is 25.0 Å². The molecule has 1 aromatic rings. The fourth-order valence-electron chi connectivity index (χ4n) is 2.35. The minimum atomic E-state index is 0. The Balaban J connectivity index is 0.00000242. The second-order valence-electron chi connectivity index (χ2n) is 5.33. The third-order valence-electron chi connectivity index (χ3n) is 3.77. The van der Waals surface area contributed by atoms with Gasteiger partial charge in [0.1, 0.15) is 12.4 Å². The number of nitrogens with zero attached hydrogens (tertiary/aromatic N) is 5. The number of halogens is 1. The monoisotopic (exact) mass is 438 g/mol. The number of likely N-dealkylation sites (tertiary alicyclic amines) is 1. The molecule has 0 saturated carbocycles. The van der Waals surface area contributed by atoms with E-state index in [1.165, 1.54) is 18.6 Å². The molecule has 1 aliphatic rings. The summed E-state index contributed by atoms with van der Waals surface area (Å²) in [6.07, 6.45) is 5.83. The summed E-state index contributed by atoms with van der Waals surface area (Å²) in [5, 5.41) is 11.8. The van der Waals surface area contributed by atoms with Crippen LogP contribution < -0.4 is 5.32 Å². The molecule has 126 valence electrons. The Hall–Kier alpha value is -0.510. The van der Waals surface area contributed by atoms with Gasteiger partial charge in [-0.25, -0.2) is 4.99 Å². The number of aromatic nitrogens is 3. The van der Waals surface area contributed by atoms with Crippen LogP contribution in [-0.2, 0) is 13.6 Å². The molecule has 22 heavy (non-hydrogen) atoms. The van der Waals surface area contributed by atoms with Crippen LogP contribution in [0.3, 0.4) is 0 Å². The second-order valence-corrected chi connectivity index (χ2v) is 6.32. The molecule has 0 bridgehead atoms. The molecule has 2 rings (SSSR count). The van der Waals surface area contributed by atoms with E-state index in [1.54, 1.807) is 0 Å². The van der Waals surface area contributed by atoms with E-state index >= 15 is 0 Å². The van der Waals surface area contributed by atoms with Crippen molar-refractivity contribution in [3.8, 4) is 0 Å². The van der Waals surface area contributed by atoms with Crippen molar-refractivity contribution in [2.75, 3.05) is 31.6 Å². The molecule has 8 heteroatoms. The molecule has 2 heterocycles. The molecule has 0 atom stereocenters. The fraction of sp³-hybridized carbons (Fsp3) is 0.786. The van der Waals surface area contributed by atoms with Gasteiger partial charge in [0.2, 0.25) is 0 Å². The molecule has 0 aliphatic carbocycles. The summed E-state index contributed by atoms with van der Waals surface area (Å²) in [4.78, 5) is 7.10. The molecule has 1 saturated heterocycles. The van der Waals surface area contributed by atoms with Gasteiger partial charge in [0.25, 0.3) is 0 Å².